The van der Waals surface area contributed by atoms with Crippen LogP contribution in [0.5, 0.6) is 0 Å². The fraction of sp³-hybridized carbons (Fsp3) is 0.933. The van der Waals surface area contributed by atoms with Gasteiger partial charge >= 0.3 is 0 Å². The molecule has 2 rings (SSSR count). The van der Waals surface area contributed by atoms with Gasteiger partial charge < -0.3 is 15.5 Å². The highest BCUT2D eigenvalue weighted by Gasteiger charge is 2.34. The maximum atomic E-state index is 4.62. The molecule has 0 amide bonds. The van der Waals surface area contributed by atoms with Crippen LogP contribution in [0, 0.1) is 11.8 Å². The fourth-order valence-corrected chi connectivity index (χ4v) is 2.66. The lowest BCUT2D eigenvalue weighted by molar-refractivity contribution is 0.314. The molecular weight excluding hydrogens is 236 g/mol. The molecule has 1 aliphatic heterocycles. The summed E-state index contributed by atoms with van der Waals surface area (Å²) >= 11 is 0. The Balaban J connectivity index is 1.70. The first-order chi connectivity index (χ1) is 9.19. The maximum Gasteiger partial charge on any atom is 0.191 e. The smallest absolute Gasteiger partial charge is 0.191 e. The van der Waals surface area contributed by atoms with Crippen molar-refractivity contribution in [3.8, 4) is 0 Å². The van der Waals surface area contributed by atoms with Crippen LogP contribution in [-0.2, 0) is 0 Å². The van der Waals surface area contributed by atoms with E-state index < -0.39 is 0 Å². The Hall–Kier alpha value is -0.770. The maximum absolute atomic E-state index is 4.62. The molecular formula is C15H30N4. The minimum absolute atomic E-state index is 0.618. The Morgan fingerprint density at radius 1 is 1.26 bits per heavy atom. The van der Waals surface area contributed by atoms with Crippen molar-refractivity contribution in [3.63, 3.8) is 0 Å². The van der Waals surface area contributed by atoms with Gasteiger partial charge in [-0.25, -0.2) is 0 Å². The van der Waals surface area contributed by atoms with E-state index in [2.05, 4.69) is 41.3 Å². The van der Waals surface area contributed by atoms with E-state index in [0.29, 0.717) is 5.92 Å². The summed E-state index contributed by atoms with van der Waals surface area (Å²) in [5.41, 5.74) is 0. The van der Waals surface area contributed by atoms with Gasteiger partial charge in [0.15, 0.2) is 5.96 Å². The third-order valence-corrected chi connectivity index (χ3v) is 3.90. The molecule has 4 nitrogen and oxygen atoms in total. The summed E-state index contributed by atoms with van der Waals surface area (Å²) in [7, 11) is 0. The molecule has 1 unspecified atom stereocenters. The molecule has 1 saturated carbocycles. The zero-order chi connectivity index (χ0) is 13.7. The van der Waals surface area contributed by atoms with Gasteiger partial charge in [0.2, 0.25) is 0 Å². The van der Waals surface area contributed by atoms with Crippen LogP contribution in [0.3, 0.4) is 0 Å². The van der Waals surface area contributed by atoms with Gasteiger partial charge in [0.25, 0.3) is 0 Å². The molecule has 1 saturated heterocycles. The molecule has 110 valence electrons. The number of hydrogen-bond donors (Lipinski definition) is 2. The zero-order valence-electron chi connectivity index (χ0n) is 12.8. The van der Waals surface area contributed by atoms with Gasteiger partial charge in [-0.2, -0.15) is 0 Å². The predicted octanol–water partition coefficient (Wildman–Crippen LogP) is 1.68. The molecule has 0 aromatic carbocycles. The highest BCUT2D eigenvalue weighted by molar-refractivity contribution is 5.79. The van der Waals surface area contributed by atoms with Gasteiger partial charge in [-0.15, -0.1) is 0 Å². The number of aliphatic imine (C=N–C) groups is 1. The molecule has 2 N–H and O–H groups in total. The molecule has 0 aromatic rings. The number of hydrogen-bond acceptors (Lipinski definition) is 2. The van der Waals surface area contributed by atoms with Crippen molar-refractivity contribution in [2.45, 2.75) is 46.1 Å². The van der Waals surface area contributed by atoms with E-state index in [1.807, 2.05) is 0 Å². The van der Waals surface area contributed by atoms with Gasteiger partial charge in [-0.3, -0.25) is 4.99 Å². The van der Waals surface area contributed by atoms with E-state index in [9.17, 15) is 0 Å². The number of nitrogens with one attached hydrogen (secondary N) is 2. The van der Waals surface area contributed by atoms with Crippen LogP contribution in [0.2, 0.25) is 0 Å². The second-order valence-electron chi connectivity index (χ2n) is 6.38. The summed E-state index contributed by atoms with van der Waals surface area (Å²) in [5, 5.41) is 6.84. The van der Waals surface area contributed by atoms with Crippen LogP contribution in [-0.4, -0.2) is 49.6 Å². The molecule has 2 aliphatic rings. The van der Waals surface area contributed by atoms with Crippen molar-refractivity contribution >= 4 is 5.96 Å². The number of guanidine groups is 1. The second kappa shape index (κ2) is 7.13. The van der Waals surface area contributed by atoms with Crippen molar-refractivity contribution in [2.24, 2.45) is 16.8 Å². The van der Waals surface area contributed by atoms with Crippen LogP contribution < -0.4 is 10.6 Å². The molecule has 1 aliphatic carbocycles. The Bertz CT molecular complexity index is 297. The average Bonchev–Trinajstić information content (AvgIpc) is 3.12. The standard InChI is InChI=1S/C15H30N4/c1-4-16-15(17-9-12(2)3)18-10-13-7-8-19(11-13)14-5-6-14/h12-14H,4-11H2,1-3H3,(H2,16,17,18). The third kappa shape index (κ3) is 5.01. The van der Waals surface area contributed by atoms with Crippen LogP contribution in [0.1, 0.15) is 40.0 Å². The summed E-state index contributed by atoms with van der Waals surface area (Å²) < 4.78 is 0. The van der Waals surface area contributed by atoms with Crippen molar-refractivity contribution in [3.05, 3.63) is 0 Å². The monoisotopic (exact) mass is 266 g/mol. The molecule has 19 heavy (non-hydrogen) atoms. The van der Waals surface area contributed by atoms with E-state index in [-0.39, 0.29) is 0 Å². The van der Waals surface area contributed by atoms with Crippen LogP contribution in [0.25, 0.3) is 0 Å². The molecule has 0 radical (unpaired) electrons. The molecule has 1 heterocycles. The minimum atomic E-state index is 0.618. The average molecular weight is 266 g/mol. The lowest BCUT2D eigenvalue weighted by Gasteiger charge is -2.17. The number of rotatable bonds is 6. The van der Waals surface area contributed by atoms with Crippen molar-refractivity contribution in [1.29, 1.82) is 0 Å². The molecule has 1 atom stereocenters. The normalized spacial score (nSPS) is 25.1. The summed E-state index contributed by atoms with van der Waals surface area (Å²) in [4.78, 5) is 7.29. The van der Waals surface area contributed by atoms with Gasteiger partial charge in [0.1, 0.15) is 0 Å². The Labute approximate surface area is 118 Å². The molecule has 0 bridgehead atoms. The van der Waals surface area contributed by atoms with E-state index in [4.69, 9.17) is 0 Å². The highest BCUT2D eigenvalue weighted by atomic mass is 15.2. The summed E-state index contributed by atoms with van der Waals surface area (Å²) in [5.74, 6) is 2.40. The first-order valence-electron chi connectivity index (χ1n) is 7.95. The molecule has 2 fully saturated rings. The van der Waals surface area contributed by atoms with Crippen molar-refractivity contribution < 1.29 is 0 Å². The highest BCUT2D eigenvalue weighted by Crippen LogP contribution is 2.31. The lowest BCUT2D eigenvalue weighted by Crippen LogP contribution is -2.40. The van der Waals surface area contributed by atoms with E-state index in [1.165, 1.54) is 32.4 Å². The first kappa shape index (κ1) is 14.6. The predicted molar refractivity (Wildman–Crippen MR) is 81.5 cm³/mol. The fourth-order valence-electron chi connectivity index (χ4n) is 2.66. The van der Waals surface area contributed by atoms with E-state index in [0.717, 1.165) is 37.6 Å². The third-order valence-electron chi connectivity index (χ3n) is 3.90. The molecule has 0 spiro atoms. The molecule has 0 aromatic heterocycles. The SMILES string of the molecule is CCNC(=NCC(C)C)NCC1CCN(C2CC2)C1. The van der Waals surface area contributed by atoms with Crippen LogP contribution in [0.4, 0.5) is 0 Å². The van der Waals surface area contributed by atoms with Gasteiger partial charge in [-0.1, -0.05) is 13.8 Å². The number of nitrogens with zero attached hydrogens (tertiary/aromatic N) is 2. The van der Waals surface area contributed by atoms with Gasteiger partial charge in [0, 0.05) is 32.2 Å². The quantitative estimate of drug-likeness (QED) is 0.567. The summed E-state index contributed by atoms with van der Waals surface area (Å²) in [6.45, 7) is 12.0. The van der Waals surface area contributed by atoms with Crippen LogP contribution in [0.15, 0.2) is 4.99 Å². The Morgan fingerprint density at radius 3 is 2.68 bits per heavy atom. The number of likely N-dealkylation sites (tertiary alicyclic amines) is 1. The van der Waals surface area contributed by atoms with E-state index in [1.54, 1.807) is 0 Å². The Kier molecular flexibility index (Phi) is 5.49. The van der Waals surface area contributed by atoms with Gasteiger partial charge in [-0.05, 0) is 44.6 Å². The summed E-state index contributed by atoms with van der Waals surface area (Å²) in [6, 6.07) is 0.924. The topological polar surface area (TPSA) is 39.7 Å². The minimum Gasteiger partial charge on any atom is -0.357 e. The largest absolute Gasteiger partial charge is 0.357 e. The van der Waals surface area contributed by atoms with Crippen LogP contribution >= 0.6 is 0 Å². The van der Waals surface area contributed by atoms with Crippen molar-refractivity contribution in [2.75, 3.05) is 32.7 Å². The zero-order valence-corrected chi connectivity index (χ0v) is 12.8. The first-order valence-corrected chi connectivity index (χ1v) is 7.95. The van der Waals surface area contributed by atoms with E-state index >= 15 is 0 Å². The Morgan fingerprint density at radius 2 is 2.05 bits per heavy atom. The van der Waals surface area contributed by atoms with Crippen molar-refractivity contribution in [1.82, 2.24) is 15.5 Å². The second-order valence-corrected chi connectivity index (χ2v) is 6.38. The lowest BCUT2D eigenvalue weighted by atomic mass is 10.1. The summed E-state index contributed by atoms with van der Waals surface area (Å²) in [6.07, 6.45) is 4.20. The molecule has 4 heteroatoms. The van der Waals surface area contributed by atoms with Gasteiger partial charge in [0.05, 0.1) is 0 Å².